The van der Waals surface area contributed by atoms with Crippen molar-refractivity contribution in [3.05, 3.63) is 0 Å². The smallest absolute Gasteiger partial charge is 0.234 e. The van der Waals surface area contributed by atoms with Crippen LogP contribution in [0.5, 0.6) is 0 Å². The van der Waals surface area contributed by atoms with E-state index in [0.717, 1.165) is 38.4 Å². The van der Waals surface area contributed by atoms with Crippen molar-refractivity contribution in [3.63, 3.8) is 0 Å². The molecule has 0 spiro atoms. The highest BCUT2D eigenvalue weighted by Gasteiger charge is 2.33. The summed E-state index contributed by atoms with van der Waals surface area (Å²) in [5.74, 6) is 0.897. The van der Waals surface area contributed by atoms with Gasteiger partial charge in [-0.1, -0.05) is 19.1 Å². The fourth-order valence-electron chi connectivity index (χ4n) is 2.29. The van der Waals surface area contributed by atoms with Gasteiger partial charge in [0.25, 0.3) is 0 Å². The van der Waals surface area contributed by atoms with Gasteiger partial charge in [-0.05, 0) is 44.7 Å². The fourth-order valence-corrected chi connectivity index (χ4v) is 2.49. The normalized spacial score (nSPS) is 23.6. The van der Waals surface area contributed by atoms with Crippen molar-refractivity contribution in [2.45, 2.75) is 32.6 Å². The first-order valence-electron chi connectivity index (χ1n) is 6.78. The number of thiocarbonyl (C=S) groups is 1. The average Bonchev–Trinajstić information content (AvgIpc) is 3.13. The van der Waals surface area contributed by atoms with E-state index in [1.54, 1.807) is 0 Å². The van der Waals surface area contributed by atoms with E-state index in [0.29, 0.717) is 11.5 Å². The number of likely N-dealkylation sites (tertiary alicyclic amines) is 1. The lowest BCUT2D eigenvalue weighted by molar-refractivity contribution is -0.122. The molecule has 0 unspecified atom stereocenters. The van der Waals surface area contributed by atoms with E-state index < -0.39 is 0 Å². The molecule has 1 heterocycles. The number of hydrogen-bond acceptors (Lipinski definition) is 3. The van der Waals surface area contributed by atoms with Crippen molar-refractivity contribution < 1.29 is 4.79 Å². The van der Waals surface area contributed by atoms with Gasteiger partial charge in [0.1, 0.15) is 0 Å². The Morgan fingerprint density at radius 1 is 1.44 bits per heavy atom. The fraction of sp³-hybridized carbons (Fsp3) is 0.846. The van der Waals surface area contributed by atoms with Crippen LogP contribution in [0.15, 0.2) is 0 Å². The third kappa shape index (κ3) is 3.65. The average molecular weight is 269 g/mol. The standard InChI is InChI=1S/C13H23N3OS/c1-13(12(14)18)4-6-16(7-5-13)9-11(17)15-8-10-2-3-10/h10H,2-9H2,1H3,(H2,14,18)(H,15,17). The molecule has 1 aliphatic carbocycles. The topological polar surface area (TPSA) is 58.4 Å². The Balaban J connectivity index is 1.69. The maximum atomic E-state index is 11.7. The minimum absolute atomic E-state index is 0.0175. The van der Waals surface area contributed by atoms with Gasteiger partial charge in [0.15, 0.2) is 0 Å². The molecule has 1 saturated carbocycles. The molecule has 1 aliphatic heterocycles. The van der Waals surface area contributed by atoms with Gasteiger partial charge < -0.3 is 11.1 Å². The zero-order chi connectivity index (χ0) is 13.2. The lowest BCUT2D eigenvalue weighted by Gasteiger charge is -2.38. The lowest BCUT2D eigenvalue weighted by Crippen LogP contribution is -2.47. The summed E-state index contributed by atoms with van der Waals surface area (Å²) < 4.78 is 0. The van der Waals surface area contributed by atoms with E-state index >= 15 is 0 Å². The first-order chi connectivity index (χ1) is 8.49. The molecule has 1 amide bonds. The van der Waals surface area contributed by atoms with Crippen molar-refractivity contribution in [2.75, 3.05) is 26.2 Å². The number of amides is 1. The zero-order valence-corrected chi connectivity index (χ0v) is 11.9. The van der Waals surface area contributed by atoms with Crippen LogP contribution in [0.4, 0.5) is 0 Å². The second-order valence-electron chi connectivity index (χ2n) is 5.95. The number of nitrogens with one attached hydrogen (secondary N) is 1. The molecule has 1 saturated heterocycles. The Morgan fingerprint density at radius 3 is 2.56 bits per heavy atom. The summed E-state index contributed by atoms with van der Waals surface area (Å²) in [4.78, 5) is 14.5. The van der Waals surface area contributed by atoms with Crippen molar-refractivity contribution in [1.29, 1.82) is 0 Å². The number of rotatable bonds is 5. The second-order valence-corrected chi connectivity index (χ2v) is 6.39. The summed E-state index contributed by atoms with van der Waals surface area (Å²) in [6.07, 6.45) is 4.46. The second kappa shape index (κ2) is 5.53. The molecule has 0 aromatic rings. The minimum atomic E-state index is -0.0175. The predicted molar refractivity (Wildman–Crippen MR) is 76.3 cm³/mol. The molecule has 0 atom stereocenters. The summed E-state index contributed by atoms with van der Waals surface area (Å²) in [7, 11) is 0. The first kappa shape index (κ1) is 13.7. The van der Waals surface area contributed by atoms with Crippen LogP contribution in [0.25, 0.3) is 0 Å². The first-order valence-corrected chi connectivity index (χ1v) is 7.19. The van der Waals surface area contributed by atoms with E-state index in [1.165, 1.54) is 12.8 Å². The van der Waals surface area contributed by atoms with Gasteiger partial charge in [0.05, 0.1) is 11.5 Å². The van der Waals surface area contributed by atoms with Crippen LogP contribution in [-0.2, 0) is 4.79 Å². The molecule has 5 heteroatoms. The third-order valence-corrected chi connectivity index (χ3v) is 4.70. The maximum Gasteiger partial charge on any atom is 0.234 e. The Bertz CT molecular complexity index is 333. The van der Waals surface area contributed by atoms with Gasteiger partial charge >= 0.3 is 0 Å². The molecule has 18 heavy (non-hydrogen) atoms. The number of nitrogens with two attached hydrogens (primary N) is 1. The largest absolute Gasteiger partial charge is 0.393 e. The summed E-state index contributed by atoms with van der Waals surface area (Å²) >= 11 is 5.11. The summed E-state index contributed by atoms with van der Waals surface area (Å²) in [5.41, 5.74) is 5.75. The van der Waals surface area contributed by atoms with Gasteiger partial charge in [-0.3, -0.25) is 9.69 Å². The number of nitrogens with zero attached hydrogens (tertiary/aromatic N) is 1. The lowest BCUT2D eigenvalue weighted by atomic mass is 9.80. The van der Waals surface area contributed by atoms with Gasteiger partial charge in [-0.15, -0.1) is 0 Å². The summed E-state index contributed by atoms with van der Waals surface area (Å²) in [6, 6.07) is 0. The molecule has 0 aromatic carbocycles. The minimum Gasteiger partial charge on any atom is -0.393 e. The van der Waals surface area contributed by atoms with Crippen molar-refractivity contribution in [1.82, 2.24) is 10.2 Å². The van der Waals surface area contributed by atoms with Crippen LogP contribution in [0, 0.1) is 11.3 Å². The van der Waals surface area contributed by atoms with Gasteiger partial charge in [-0.25, -0.2) is 0 Å². The molecule has 0 bridgehead atoms. The molecule has 3 N–H and O–H groups in total. The SMILES string of the molecule is CC1(C(N)=S)CCN(CC(=O)NCC2CC2)CC1. The van der Waals surface area contributed by atoms with Crippen LogP contribution in [0.3, 0.4) is 0 Å². The Labute approximate surface area is 114 Å². The maximum absolute atomic E-state index is 11.7. The molecule has 102 valence electrons. The van der Waals surface area contributed by atoms with Crippen molar-refractivity contribution in [3.8, 4) is 0 Å². The highest BCUT2D eigenvalue weighted by atomic mass is 32.1. The van der Waals surface area contributed by atoms with E-state index in [4.69, 9.17) is 18.0 Å². The summed E-state index contributed by atoms with van der Waals surface area (Å²) in [5, 5.41) is 3.00. The molecular formula is C13H23N3OS. The number of carbonyl (C=O) groups excluding carboxylic acids is 1. The molecular weight excluding hydrogens is 246 g/mol. The van der Waals surface area contributed by atoms with E-state index in [-0.39, 0.29) is 11.3 Å². The van der Waals surface area contributed by atoms with E-state index in [2.05, 4.69) is 17.1 Å². The van der Waals surface area contributed by atoms with E-state index in [1.807, 2.05) is 0 Å². The quantitative estimate of drug-likeness (QED) is 0.728. The Kier molecular flexibility index (Phi) is 4.22. The summed E-state index contributed by atoms with van der Waals surface area (Å²) in [6.45, 7) is 5.31. The molecule has 2 fully saturated rings. The highest BCUT2D eigenvalue weighted by Crippen LogP contribution is 2.31. The Morgan fingerprint density at radius 2 is 2.06 bits per heavy atom. The third-order valence-electron chi connectivity index (χ3n) is 4.21. The van der Waals surface area contributed by atoms with Crippen LogP contribution in [-0.4, -0.2) is 42.0 Å². The van der Waals surface area contributed by atoms with Gasteiger partial charge in [0.2, 0.25) is 5.91 Å². The molecule has 0 aromatic heterocycles. The highest BCUT2D eigenvalue weighted by molar-refractivity contribution is 7.80. The monoisotopic (exact) mass is 269 g/mol. The predicted octanol–water partition coefficient (Wildman–Crippen LogP) is 0.901. The zero-order valence-electron chi connectivity index (χ0n) is 11.1. The van der Waals surface area contributed by atoms with Crippen molar-refractivity contribution in [2.24, 2.45) is 17.1 Å². The van der Waals surface area contributed by atoms with Gasteiger partial charge in [-0.2, -0.15) is 0 Å². The molecule has 2 aliphatic rings. The van der Waals surface area contributed by atoms with Crippen LogP contribution >= 0.6 is 12.2 Å². The van der Waals surface area contributed by atoms with Crippen molar-refractivity contribution >= 4 is 23.1 Å². The van der Waals surface area contributed by atoms with Crippen LogP contribution in [0.1, 0.15) is 32.6 Å². The van der Waals surface area contributed by atoms with Crippen LogP contribution < -0.4 is 11.1 Å². The molecule has 0 radical (unpaired) electrons. The number of piperidine rings is 1. The molecule has 4 nitrogen and oxygen atoms in total. The number of hydrogen-bond donors (Lipinski definition) is 2. The van der Waals surface area contributed by atoms with Crippen LogP contribution in [0.2, 0.25) is 0 Å². The number of carbonyl (C=O) groups is 1. The Hall–Kier alpha value is -0.680. The van der Waals surface area contributed by atoms with Gasteiger partial charge in [0, 0.05) is 12.0 Å². The molecule has 2 rings (SSSR count). The van der Waals surface area contributed by atoms with E-state index in [9.17, 15) is 4.79 Å².